The molecule has 1 unspecified atom stereocenters. The summed E-state index contributed by atoms with van der Waals surface area (Å²) in [4.78, 5) is 2.47. The third kappa shape index (κ3) is 2.16. The Kier molecular flexibility index (Phi) is 3.22. The molecule has 3 heteroatoms. The summed E-state index contributed by atoms with van der Waals surface area (Å²) in [6.45, 7) is 6.51. The van der Waals surface area contributed by atoms with Crippen LogP contribution in [0, 0.1) is 0 Å². The number of likely N-dealkylation sites (N-methyl/N-ethyl adjacent to an activating group) is 1. The van der Waals surface area contributed by atoms with Crippen LogP contribution < -0.4 is 5.32 Å². The van der Waals surface area contributed by atoms with E-state index in [2.05, 4.69) is 17.1 Å². The van der Waals surface area contributed by atoms with E-state index >= 15 is 0 Å². The van der Waals surface area contributed by atoms with Gasteiger partial charge in [-0.3, -0.25) is 4.90 Å². The molecule has 2 rings (SSSR count). The fourth-order valence-electron chi connectivity index (χ4n) is 2.05. The number of furan rings is 1. The van der Waals surface area contributed by atoms with Crippen molar-refractivity contribution in [3.05, 3.63) is 24.2 Å². The molecule has 1 aromatic rings. The lowest BCUT2D eigenvalue weighted by molar-refractivity contribution is 0.194. The molecule has 0 aliphatic carbocycles. The van der Waals surface area contributed by atoms with Crippen molar-refractivity contribution in [2.75, 3.05) is 19.6 Å². The van der Waals surface area contributed by atoms with Gasteiger partial charge in [-0.1, -0.05) is 6.92 Å². The van der Waals surface area contributed by atoms with Crippen LogP contribution in [0.25, 0.3) is 0 Å². The molecule has 0 bridgehead atoms. The molecular weight excluding hydrogens is 176 g/mol. The summed E-state index contributed by atoms with van der Waals surface area (Å²) in [5.74, 6) is 1.07. The highest BCUT2D eigenvalue weighted by Crippen LogP contribution is 2.12. The first-order valence-electron chi connectivity index (χ1n) is 5.37. The van der Waals surface area contributed by atoms with Crippen LogP contribution in [0.4, 0.5) is 0 Å². The van der Waals surface area contributed by atoms with Crippen molar-refractivity contribution in [3.63, 3.8) is 0 Å². The van der Waals surface area contributed by atoms with E-state index in [0.717, 1.165) is 31.9 Å². The van der Waals surface area contributed by atoms with Crippen LogP contribution in [0.5, 0.6) is 0 Å². The summed E-state index contributed by atoms with van der Waals surface area (Å²) in [5, 5.41) is 3.39. The van der Waals surface area contributed by atoms with Gasteiger partial charge in [-0.2, -0.15) is 0 Å². The van der Waals surface area contributed by atoms with Crippen LogP contribution in [-0.4, -0.2) is 30.6 Å². The second kappa shape index (κ2) is 4.62. The van der Waals surface area contributed by atoms with Crippen molar-refractivity contribution in [1.29, 1.82) is 0 Å². The Labute approximate surface area is 85.1 Å². The lowest BCUT2D eigenvalue weighted by atomic mass is 10.2. The lowest BCUT2D eigenvalue weighted by Gasteiger charge is -2.25. The van der Waals surface area contributed by atoms with E-state index < -0.39 is 0 Å². The smallest absolute Gasteiger partial charge is 0.117 e. The summed E-state index contributed by atoms with van der Waals surface area (Å²) in [6.07, 6.45) is 3.00. The molecule has 78 valence electrons. The quantitative estimate of drug-likeness (QED) is 0.786. The Morgan fingerprint density at radius 1 is 1.64 bits per heavy atom. The molecule has 1 aliphatic rings. The molecule has 0 aromatic carbocycles. The minimum Gasteiger partial charge on any atom is -0.468 e. The van der Waals surface area contributed by atoms with Crippen LogP contribution in [0.3, 0.4) is 0 Å². The van der Waals surface area contributed by atoms with Gasteiger partial charge in [-0.05, 0) is 31.6 Å². The highest BCUT2D eigenvalue weighted by Gasteiger charge is 2.21. The molecule has 1 N–H and O–H groups in total. The molecule has 0 spiro atoms. The first-order chi connectivity index (χ1) is 6.90. The summed E-state index contributed by atoms with van der Waals surface area (Å²) in [7, 11) is 0. The number of rotatable bonds is 4. The van der Waals surface area contributed by atoms with E-state index in [9.17, 15) is 0 Å². The second-order valence-electron chi connectivity index (χ2n) is 3.79. The van der Waals surface area contributed by atoms with Gasteiger partial charge in [0.15, 0.2) is 0 Å². The van der Waals surface area contributed by atoms with Crippen LogP contribution in [0.2, 0.25) is 0 Å². The molecule has 0 saturated carbocycles. The molecule has 1 saturated heterocycles. The maximum atomic E-state index is 5.36. The Morgan fingerprint density at radius 3 is 3.14 bits per heavy atom. The van der Waals surface area contributed by atoms with Gasteiger partial charge < -0.3 is 9.73 Å². The van der Waals surface area contributed by atoms with Crippen LogP contribution in [0.15, 0.2) is 22.8 Å². The van der Waals surface area contributed by atoms with Gasteiger partial charge in [-0.15, -0.1) is 0 Å². The fraction of sp³-hybridized carbons (Fsp3) is 0.636. The summed E-state index contributed by atoms with van der Waals surface area (Å²) in [5.41, 5.74) is 0. The zero-order valence-electron chi connectivity index (χ0n) is 8.70. The summed E-state index contributed by atoms with van der Waals surface area (Å²) >= 11 is 0. The lowest BCUT2D eigenvalue weighted by Crippen LogP contribution is -2.35. The Morgan fingerprint density at radius 2 is 2.57 bits per heavy atom. The minimum absolute atomic E-state index is 0.685. The van der Waals surface area contributed by atoms with Crippen molar-refractivity contribution in [1.82, 2.24) is 10.2 Å². The van der Waals surface area contributed by atoms with Gasteiger partial charge in [0.1, 0.15) is 5.76 Å². The number of hydrogen-bond acceptors (Lipinski definition) is 3. The van der Waals surface area contributed by atoms with Crippen molar-refractivity contribution < 1.29 is 4.42 Å². The molecule has 1 aliphatic heterocycles. The molecule has 3 nitrogen and oxygen atoms in total. The van der Waals surface area contributed by atoms with Gasteiger partial charge in [-0.25, -0.2) is 0 Å². The normalized spacial score (nSPS) is 22.0. The van der Waals surface area contributed by atoms with Crippen LogP contribution in [-0.2, 0) is 6.54 Å². The molecular formula is C11H18N2O. The Bertz CT molecular complexity index is 252. The van der Waals surface area contributed by atoms with Crippen LogP contribution >= 0.6 is 0 Å². The first kappa shape index (κ1) is 9.74. The zero-order valence-corrected chi connectivity index (χ0v) is 8.70. The minimum atomic E-state index is 0.685. The maximum absolute atomic E-state index is 5.36. The van der Waals surface area contributed by atoms with E-state index in [1.54, 1.807) is 6.26 Å². The molecule has 14 heavy (non-hydrogen) atoms. The molecule has 1 fully saturated rings. The standard InChI is InChI=1S/C11H18N2O/c1-2-13(10-5-6-12-8-10)9-11-4-3-7-14-11/h3-4,7,10,12H,2,5-6,8-9H2,1H3. The molecule has 1 aromatic heterocycles. The Hall–Kier alpha value is -0.800. The average molecular weight is 194 g/mol. The number of nitrogens with zero attached hydrogens (tertiary/aromatic N) is 1. The van der Waals surface area contributed by atoms with Gasteiger partial charge in [0.25, 0.3) is 0 Å². The van der Waals surface area contributed by atoms with E-state index in [0.29, 0.717) is 6.04 Å². The van der Waals surface area contributed by atoms with Crippen LogP contribution in [0.1, 0.15) is 19.1 Å². The molecule has 2 heterocycles. The molecule has 0 radical (unpaired) electrons. The highest BCUT2D eigenvalue weighted by molar-refractivity contribution is 4.98. The number of hydrogen-bond donors (Lipinski definition) is 1. The monoisotopic (exact) mass is 194 g/mol. The Balaban J connectivity index is 1.92. The summed E-state index contributed by atoms with van der Waals surface area (Å²) < 4.78 is 5.36. The first-order valence-corrected chi connectivity index (χ1v) is 5.37. The average Bonchev–Trinajstić information content (AvgIpc) is 2.86. The van der Waals surface area contributed by atoms with Gasteiger partial charge in [0, 0.05) is 12.6 Å². The predicted octanol–water partition coefficient (Wildman–Crippen LogP) is 1.46. The third-order valence-corrected chi connectivity index (χ3v) is 2.90. The van der Waals surface area contributed by atoms with Crippen molar-refractivity contribution in [2.45, 2.75) is 25.9 Å². The molecule has 1 atom stereocenters. The largest absolute Gasteiger partial charge is 0.468 e. The zero-order chi connectivity index (χ0) is 9.80. The predicted molar refractivity (Wildman–Crippen MR) is 56.1 cm³/mol. The SMILES string of the molecule is CCN(Cc1ccco1)C1CCNC1. The van der Waals surface area contributed by atoms with E-state index in [4.69, 9.17) is 4.42 Å². The van der Waals surface area contributed by atoms with E-state index in [1.165, 1.54) is 6.42 Å². The summed E-state index contributed by atoms with van der Waals surface area (Å²) in [6, 6.07) is 4.69. The van der Waals surface area contributed by atoms with E-state index in [1.807, 2.05) is 12.1 Å². The second-order valence-corrected chi connectivity index (χ2v) is 3.79. The topological polar surface area (TPSA) is 28.4 Å². The third-order valence-electron chi connectivity index (χ3n) is 2.90. The van der Waals surface area contributed by atoms with Crippen molar-refractivity contribution in [2.24, 2.45) is 0 Å². The number of nitrogens with one attached hydrogen (secondary N) is 1. The van der Waals surface area contributed by atoms with Crippen molar-refractivity contribution in [3.8, 4) is 0 Å². The van der Waals surface area contributed by atoms with E-state index in [-0.39, 0.29) is 0 Å². The molecule has 0 amide bonds. The fourth-order valence-corrected chi connectivity index (χ4v) is 2.05. The van der Waals surface area contributed by atoms with Crippen molar-refractivity contribution >= 4 is 0 Å². The van der Waals surface area contributed by atoms with Gasteiger partial charge in [0.2, 0.25) is 0 Å². The maximum Gasteiger partial charge on any atom is 0.117 e. The van der Waals surface area contributed by atoms with Gasteiger partial charge >= 0.3 is 0 Å². The highest BCUT2D eigenvalue weighted by atomic mass is 16.3. The van der Waals surface area contributed by atoms with Gasteiger partial charge in [0.05, 0.1) is 12.8 Å².